The molecular formula is C29H22Cl2N2OPS+. The fraction of sp³-hybridized carbons (Fsp3) is 0.0345. The molecule has 0 saturated heterocycles. The van der Waals surface area contributed by atoms with E-state index in [0.717, 1.165) is 15.9 Å². The van der Waals surface area contributed by atoms with Crippen LogP contribution in [0.15, 0.2) is 119 Å². The van der Waals surface area contributed by atoms with Gasteiger partial charge < -0.3 is 4.98 Å². The maximum atomic E-state index is 14.2. The van der Waals surface area contributed by atoms with Crippen LogP contribution in [0.2, 0.25) is 10.0 Å². The lowest BCUT2D eigenvalue weighted by Gasteiger charge is -2.27. The van der Waals surface area contributed by atoms with Gasteiger partial charge in [-0.1, -0.05) is 77.8 Å². The Bertz CT molecular complexity index is 1460. The standard InChI is InChI=1S/C29H21Cl2N2OPS/c1-36-29-26(28(34)32-27(33-29)24-18-17-20(30)19-25(24)31)35(21-11-5-2-6-12-21,22-13-7-3-8-14-22)23-15-9-4-10-16-23/h2-19H,1H3/p+1. The largest absolute Gasteiger partial charge is 0.303 e. The summed E-state index contributed by atoms with van der Waals surface area (Å²) in [6.45, 7) is 0. The molecule has 0 unspecified atom stereocenters. The summed E-state index contributed by atoms with van der Waals surface area (Å²) >= 11 is 14.1. The summed E-state index contributed by atoms with van der Waals surface area (Å²) in [4.78, 5) is 22.2. The predicted molar refractivity (Wildman–Crippen MR) is 157 cm³/mol. The number of aromatic amines is 1. The Morgan fingerprint density at radius 1 is 0.750 bits per heavy atom. The number of nitrogens with zero attached hydrogens (tertiary/aromatic N) is 1. The van der Waals surface area contributed by atoms with Gasteiger partial charge in [0.2, 0.25) is 5.30 Å². The van der Waals surface area contributed by atoms with Crippen molar-refractivity contribution in [2.24, 2.45) is 0 Å². The first kappa shape index (κ1) is 24.8. The van der Waals surface area contributed by atoms with Crippen LogP contribution in [0.25, 0.3) is 11.4 Å². The lowest BCUT2D eigenvalue weighted by Crippen LogP contribution is -2.46. The van der Waals surface area contributed by atoms with E-state index >= 15 is 0 Å². The summed E-state index contributed by atoms with van der Waals surface area (Å²) in [5.41, 5.74) is 0.448. The zero-order valence-electron chi connectivity index (χ0n) is 19.4. The molecule has 0 aliphatic rings. The van der Waals surface area contributed by atoms with Crippen molar-refractivity contribution in [2.75, 3.05) is 6.26 Å². The van der Waals surface area contributed by atoms with Crippen molar-refractivity contribution in [2.45, 2.75) is 5.03 Å². The highest BCUT2D eigenvalue weighted by atomic mass is 35.5. The van der Waals surface area contributed by atoms with E-state index in [-0.39, 0.29) is 5.56 Å². The zero-order valence-corrected chi connectivity index (χ0v) is 22.6. The topological polar surface area (TPSA) is 45.8 Å². The molecule has 5 aromatic rings. The van der Waals surface area contributed by atoms with Gasteiger partial charge in [0, 0.05) is 10.6 Å². The molecule has 7 heteroatoms. The zero-order chi connectivity index (χ0) is 25.1. The molecule has 0 aliphatic carbocycles. The fourth-order valence-corrected chi connectivity index (χ4v) is 10.4. The number of H-pyrrole nitrogens is 1. The van der Waals surface area contributed by atoms with Crippen molar-refractivity contribution in [1.82, 2.24) is 9.97 Å². The van der Waals surface area contributed by atoms with Crippen molar-refractivity contribution in [3.8, 4) is 11.4 Å². The molecule has 0 aliphatic heterocycles. The van der Waals surface area contributed by atoms with Gasteiger partial charge >= 0.3 is 0 Å². The van der Waals surface area contributed by atoms with Crippen LogP contribution in [-0.2, 0) is 0 Å². The molecule has 36 heavy (non-hydrogen) atoms. The minimum atomic E-state index is -2.61. The average Bonchev–Trinajstić information content (AvgIpc) is 2.91. The van der Waals surface area contributed by atoms with Crippen molar-refractivity contribution in [3.05, 3.63) is 130 Å². The van der Waals surface area contributed by atoms with Crippen LogP contribution in [0.1, 0.15) is 0 Å². The Morgan fingerprint density at radius 3 is 1.69 bits per heavy atom. The second-order valence-corrected chi connectivity index (χ2v) is 13.1. The highest BCUT2D eigenvalue weighted by Crippen LogP contribution is 2.54. The van der Waals surface area contributed by atoms with Crippen molar-refractivity contribution in [3.63, 3.8) is 0 Å². The average molecular weight is 548 g/mol. The maximum absolute atomic E-state index is 14.2. The van der Waals surface area contributed by atoms with Crippen molar-refractivity contribution in [1.29, 1.82) is 0 Å². The van der Waals surface area contributed by atoms with Crippen molar-refractivity contribution < 1.29 is 0 Å². The third kappa shape index (κ3) is 4.40. The lowest BCUT2D eigenvalue weighted by atomic mass is 10.2. The number of rotatable bonds is 6. The maximum Gasteiger partial charge on any atom is 0.296 e. The second kappa shape index (κ2) is 10.6. The molecule has 0 amide bonds. The third-order valence-electron chi connectivity index (χ3n) is 6.01. The lowest BCUT2D eigenvalue weighted by molar-refractivity contribution is 1.05. The molecule has 0 spiro atoms. The summed E-state index contributed by atoms with van der Waals surface area (Å²) in [6.07, 6.45) is 1.95. The summed E-state index contributed by atoms with van der Waals surface area (Å²) in [6, 6.07) is 36.0. The number of aromatic nitrogens is 2. The molecule has 1 N–H and O–H groups in total. The molecule has 3 nitrogen and oxygen atoms in total. The van der Waals surface area contributed by atoms with E-state index in [4.69, 9.17) is 28.2 Å². The molecule has 0 atom stereocenters. The molecule has 5 rings (SSSR count). The Kier molecular flexibility index (Phi) is 7.32. The van der Waals surface area contributed by atoms with Crippen LogP contribution in [0.4, 0.5) is 0 Å². The molecule has 4 aromatic carbocycles. The van der Waals surface area contributed by atoms with Gasteiger partial charge in [-0.25, -0.2) is 4.98 Å². The molecule has 178 valence electrons. The second-order valence-electron chi connectivity index (χ2n) is 8.07. The first-order valence-electron chi connectivity index (χ1n) is 11.3. The fourth-order valence-electron chi connectivity index (χ4n) is 4.48. The van der Waals surface area contributed by atoms with E-state index in [1.54, 1.807) is 18.2 Å². The van der Waals surface area contributed by atoms with E-state index in [9.17, 15) is 4.79 Å². The molecule has 1 heterocycles. The van der Waals surface area contributed by atoms with E-state index in [1.807, 2.05) is 60.9 Å². The van der Waals surface area contributed by atoms with Gasteiger partial charge in [0.05, 0.1) is 5.02 Å². The minimum Gasteiger partial charge on any atom is -0.303 e. The Labute approximate surface area is 224 Å². The van der Waals surface area contributed by atoms with Gasteiger partial charge in [-0.3, -0.25) is 4.79 Å². The smallest absolute Gasteiger partial charge is 0.296 e. The minimum absolute atomic E-state index is 0.180. The number of thioether (sulfide) groups is 1. The van der Waals surface area contributed by atoms with Crippen LogP contribution in [0.3, 0.4) is 0 Å². The Hall–Kier alpha value is -2.88. The van der Waals surface area contributed by atoms with Gasteiger partial charge in [0.15, 0.2) is 7.26 Å². The Morgan fingerprint density at radius 2 is 1.25 bits per heavy atom. The highest BCUT2D eigenvalue weighted by Gasteiger charge is 2.52. The first-order chi connectivity index (χ1) is 17.6. The van der Waals surface area contributed by atoms with E-state index < -0.39 is 7.26 Å². The van der Waals surface area contributed by atoms with E-state index in [2.05, 4.69) is 41.4 Å². The molecule has 0 bridgehead atoms. The normalized spacial score (nSPS) is 11.4. The Balaban J connectivity index is 1.90. The SMILES string of the molecule is CSc1nc(-c2ccc(Cl)cc2Cl)[nH]c(=O)c1[P+](c1ccccc1)(c1ccccc1)c1ccccc1. The van der Waals surface area contributed by atoms with Crippen LogP contribution in [-0.4, -0.2) is 16.2 Å². The number of nitrogens with one attached hydrogen (secondary N) is 1. The van der Waals surface area contributed by atoms with Gasteiger partial charge in [0.1, 0.15) is 26.8 Å². The number of hydrogen-bond acceptors (Lipinski definition) is 3. The quantitative estimate of drug-likeness (QED) is 0.159. The van der Waals surface area contributed by atoms with Crippen LogP contribution in [0, 0.1) is 0 Å². The van der Waals surface area contributed by atoms with Gasteiger partial charge in [0.25, 0.3) is 5.56 Å². The summed E-state index contributed by atoms with van der Waals surface area (Å²) in [5.74, 6) is 0.419. The van der Waals surface area contributed by atoms with Crippen LogP contribution in [0.5, 0.6) is 0 Å². The molecular weight excluding hydrogens is 526 g/mol. The van der Waals surface area contributed by atoms with E-state index in [0.29, 0.717) is 31.8 Å². The number of halogens is 2. The molecule has 1 aromatic heterocycles. The van der Waals surface area contributed by atoms with Gasteiger partial charge in [-0.2, -0.15) is 0 Å². The van der Waals surface area contributed by atoms with Gasteiger partial charge in [-0.15, -0.1) is 11.8 Å². The van der Waals surface area contributed by atoms with Gasteiger partial charge in [-0.05, 0) is 60.9 Å². The third-order valence-corrected chi connectivity index (χ3v) is 11.7. The van der Waals surface area contributed by atoms with Crippen LogP contribution >= 0.6 is 42.2 Å². The number of benzene rings is 4. The monoisotopic (exact) mass is 547 g/mol. The van der Waals surface area contributed by atoms with Crippen molar-refractivity contribution >= 4 is 63.4 Å². The van der Waals surface area contributed by atoms with Crippen LogP contribution < -0.4 is 26.8 Å². The number of hydrogen-bond donors (Lipinski definition) is 1. The summed E-state index contributed by atoms with van der Waals surface area (Å²) in [7, 11) is -2.61. The summed E-state index contributed by atoms with van der Waals surface area (Å²) in [5, 5.41) is 5.56. The highest BCUT2D eigenvalue weighted by molar-refractivity contribution is 8.04. The molecule has 0 radical (unpaired) electrons. The molecule has 0 fully saturated rings. The predicted octanol–water partition coefficient (Wildman–Crippen LogP) is 6.09. The van der Waals surface area contributed by atoms with E-state index in [1.165, 1.54) is 11.8 Å². The summed E-state index contributed by atoms with van der Waals surface area (Å²) < 4.78 is 0. The first-order valence-corrected chi connectivity index (χ1v) is 15.0. The molecule has 0 saturated carbocycles.